The topological polar surface area (TPSA) is 135 Å². The number of carbonyl (C=O) groups is 1. The molecule has 2 aromatic carbocycles. The van der Waals surface area contributed by atoms with Crippen LogP contribution in [0.4, 0.5) is 26.3 Å². The van der Waals surface area contributed by atoms with Gasteiger partial charge in [0.15, 0.2) is 0 Å². The third kappa shape index (κ3) is 6.55. The van der Waals surface area contributed by atoms with E-state index in [4.69, 9.17) is 23.7 Å². The number of hydrogen-bond acceptors (Lipinski definition) is 9. The SMILES string of the molecule is O=C(O)C(F)(F)F.OC1c2ccc(-c3noc(-c4onc(-c5ccccc5)c4C(F)(F)F)n3)cc2OCC1N1CCCCC1. The molecule has 2 aliphatic rings. The van der Waals surface area contributed by atoms with E-state index in [9.17, 15) is 31.4 Å². The third-order valence-electron chi connectivity index (χ3n) is 7.11. The number of aliphatic hydroxyl groups excluding tert-OH is 1. The minimum atomic E-state index is -5.08. The van der Waals surface area contributed by atoms with Crippen LogP contribution in [0.3, 0.4) is 0 Å². The third-order valence-corrected chi connectivity index (χ3v) is 7.11. The van der Waals surface area contributed by atoms with Gasteiger partial charge < -0.3 is 24.0 Å². The number of likely N-dealkylation sites (tertiary alicyclic amines) is 1. The highest BCUT2D eigenvalue weighted by atomic mass is 19.4. The zero-order valence-corrected chi connectivity index (χ0v) is 22.6. The molecule has 0 spiro atoms. The van der Waals surface area contributed by atoms with Gasteiger partial charge in [-0.3, -0.25) is 4.90 Å². The summed E-state index contributed by atoms with van der Waals surface area (Å²) in [5.74, 6) is -3.32. The predicted molar refractivity (Wildman–Crippen MR) is 139 cm³/mol. The fourth-order valence-electron chi connectivity index (χ4n) is 5.00. The van der Waals surface area contributed by atoms with Crippen molar-refractivity contribution in [2.45, 2.75) is 43.8 Å². The largest absolute Gasteiger partial charge is 0.491 e. The summed E-state index contributed by atoms with van der Waals surface area (Å²) in [6.07, 6.45) is -7.17. The van der Waals surface area contributed by atoms with E-state index in [1.54, 1.807) is 36.4 Å². The van der Waals surface area contributed by atoms with Gasteiger partial charge in [0, 0.05) is 16.7 Å². The molecule has 1 fully saturated rings. The summed E-state index contributed by atoms with van der Waals surface area (Å²) in [6, 6.07) is 12.9. The van der Waals surface area contributed by atoms with E-state index in [2.05, 4.69) is 20.2 Å². The Morgan fingerprint density at radius 2 is 1.59 bits per heavy atom. The number of aromatic nitrogens is 3. The molecule has 4 heterocycles. The minimum Gasteiger partial charge on any atom is -0.491 e. The molecule has 234 valence electrons. The van der Waals surface area contributed by atoms with E-state index in [0.717, 1.165) is 25.9 Å². The number of alkyl halides is 6. The number of aliphatic carboxylic acids is 1. The van der Waals surface area contributed by atoms with Crippen molar-refractivity contribution in [3.63, 3.8) is 0 Å². The summed E-state index contributed by atoms with van der Waals surface area (Å²) in [7, 11) is 0. The van der Waals surface area contributed by atoms with E-state index in [1.165, 1.54) is 18.6 Å². The summed E-state index contributed by atoms with van der Waals surface area (Å²) in [5.41, 5.74) is -0.0836. The maximum absolute atomic E-state index is 14.0. The average Bonchev–Trinajstić information content (AvgIpc) is 3.66. The highest BCUT2D eigenvalue weighted by Gasteiger charge is 2.43. The van der Waals surface area contributed by atoms with Gasteiger partial charge in [-0.2, -0.15) is 31.3 Å². The fraction of sp³-hybridized carbons (Fsp3) is 0.357. The van der Waals surface area contributed by atoms with Crippen molar-refractivity contribution < 1.29 is 55.1 Å². The number of nitrogens with zero attached hydrogens (tertiary/aromatic N) is 4. The van der Waals surface area contributed by atoms with Gasteiger partial charge in [-0.15, -0.1) is 0 Å². The lowest BCUT2D eigenvalue weighted by Gasteiger charge is -2.40. The second-order valence-corrected chi connectivity index (χ2v) is 10.00. The number of fused-ring (bicyclic) bond motifs is 1. The second-order valence-electron chi connectivity index (χ2n) is 10.00. The quantitative estimate of drug-likeness (QED) is 0.260. The molecule has 0 radical (unpaired) electrons. The van der Waals surface area contributed by atoms with E-state index >= 15 is 0 Å². The monoisotopic (exact) mass is 626 g/mol. The number of benzene rings is 2. The first-order valence-electron chi connectivity index (χ1n) is 13.3. The highest BCUT2D eigenvalue weighted by Crippen LogP contribution is 2.43. The van der Waals surface area contributed by atoms with Gasteiger partial charge in [0.1, 0.15) is 29.7 Å². The van der Waals surface area contributed by atoms with Crippen LogP contribution in [0.5, 0.6) is 5.75 Å². The molecule has 2 aromatic heterocycles. The first-order valence-corrected chi connectivity index (χ1v) is 13.3. The molecular weight excluding hydrogens is 602 g/mol. The molecule has 0 bridgehead atoms. The van der Waals surface area contributed by atoms with Crippen molar-refractivity contribution in [1.29, 1.82) is 0 Å². The summed E-state index contributed by atoms with van der Waals surface area (Å²) in [4.78, 5) is 15.3. The smallest absolute Gasteiger partial charge is 0.490 e. The Morgan fingerprint density at radius 1 is 0.909 bits per heavy atom. The second kappa shape index (κ2) is 12.3. The molecule has 2 aliphatic heterocycles. The first kappa shape index (κ1) is 31.0. The Kier molecular flexibility index (Phi) is 8.65. The predicted octanol–water partition coefficient (Wildman–Crippen LogP) is 5.99. The minimum absolute atomic E-state index is 0.0554. The number of hydrogen-bond donors (Lipinski definition) is 2. The molecule has 4 aromatic rings. The Hall–Kier alpha value is -4.44. The standard InChI is InChI=1S/C26H23F3N4O4.C2HF3O2/c27-26(28,29)20-21(15-7-3-1-4-8-15)31-36-23(20)25-30-24(32-37-25)16-9-10-17-19(13-16)35-14-18(22(17)34)33-11-5-2-6-12-33;3-2(4,5)1(6)7/h1,3-4,7-10,13,18,22,34H,2,5-6,11-12,14H2;(H,6,7). The zero-order valence-electron chi connectivity index (χ0n) is 22.6. The van der Waals surface area contributed by atoms with Gasteiger partial charge in [-0.1, -0.05) is 59.2 Å². The number of rotatable bonds is 4. The number of piperidine rings is 1. The molecule has 0 aliphatic carbocycles. The van der Waals surface area contributed by atoms with Crippen LogP contribution in [0.15, 0.2) is 57.6 Å². The lowest BCUT2D eigenvalue weighted by molar-refractivity contribution is -0.192. The van der Waals surface area contributed by atoms with Gasteiger partial charge in [0.05, 0.1) is 6.04 Å². The Morgan fingerprint density at radius 3 is 2.23 bits per heavy atom. The van der Waals surface area contributed by atoms with E-state index in [1.807, 2.05) is 0 Å². The Labute approximate surface area is 244 Å². The van der Waals surface area contributed by atoms with E-state index in [0.29, 0.717) is 23.5 Å². The molecule has 16 heteroatoms. The van der Waals surface area contributed by atoms with Gasteiger partial charge in [0.2, 0.25) is 11.6 Å². The van der Waals surface area contributed by atoms with Crippen LogP contribution in [0, 0.1) is 0 Å². The van der Waals surface area contributed by atoms with Crippen LogP contribution >= 0.6 is 0 Å². The summed E-state index contributed by atoms with van der Waals surface area (Å²) < 4.78 is 89.9. The number of aliphatic hydroxyl groups is 1. The van der Waals surface area contributed by atoms with Crippen molar-refractivity contribution in [3.05, 3.63) is 59.7 Å². The van der Waals surface area contributed by atoms with Gasteiger partial charge in [-0.05, 0) is 32.0 Å². The zero-order chi connectivity index (χ0) is 31.6. The van der Waals surface area contributed by atoms with Crippen LogP contribution in [0.25, 0.3) is 34.3 Å². The van der Waals surface area contributed by atoms with Crippen molar-refractivity contribution in [1.82, 2.24) is 20.2 Å². The van der Waals surface area contributed by atoms with E-state index in [-0.39, 0.29) is 23.1 Å². The summed E-state index contributed by atoms with van der Waals surface area (Å²) in [6.45, 7) is 2.19. The van der Waals surface area contributed by atoms with E-state index < -0.39 is 41.6 Å². The molecule has 44 heavy (non-hydrogen) atoms. The normalized spacial score (nSPS) is 19.0. The Bertz CT molecular complexity index is 1600. The lowest BCUT2D eigenvalue weighted by Crippen LogP contribution is -2.48. The molecule has 10 nitrogen and oxygen atoms in total. The average molecular weight is 627 g/mol. The van der Waals surface area contributed by atoms with Crippen molar-refractivity contribution in [2.24, 2.45) is 0 Å². The van der Waals surface area contributed by atoms with Gasteiger partial charge >= 0.3 is 18.3 Å². The molecule has 2 unspecified atom stereocenters. The van der Waals surface area contributed by atoms with Crippen LogP contribution < -0.4 is 4.74 Å². The molecule has 6 rings (SSSR count). The van der Waals surface area contributed by atoms with Crippen molar-refractivity contribution in [3.8, 4) is 40.0 Å². The van der Waals surface area contributed by atoms with Crippen LogP contribution in [-0.4, -0.2) is 68.3 Å². The molecule has 2 atom stereocenters. The number of carboxylic acid groups (broad SMARTS) is 1. The summed E-state index contributed by atoms with van der Waals surface area (Å²) in [5, 5.41) is 25.6. The number of carboxylic acids is 1. The number of ether oxygens (including phenoxy) is 1. The van der Waals surface area contributed by atoms with Crippen LogP contribution in [0.2, 0.25) is 0 Å². The van der Waals surface area contributed by atoms with Crippen LogP contribution in [-0.2, 0) is 11.0 Å². The fourth-order valence-corrected chi connectivity index (χ4v) is 5.00. The lowest BCUT2D eigenvalue weighted by atomic mass is 9.95. The Balaban J connectivity index is 0.000000493. The van der Waals surface area contributed by atoms with Gasteiger partial charge in [0.25, 0.3) is 5.89 Å². The first-order chi connectivity index (χ1) is 20.8. The van der Waals surface area contributed by atoms with Crippen molar-refractivity contribution in [2.75, 3.05) is 19.7 Å². The molecule has 0 amide bonds. The number of halogens is 6. The molecule has 1 saturated heterocycles. The van der Waals surface area contributed by atoms with Gasteiger partial charge in [-0.25, -0.2) is 4.79 Å². The highest BCUT2D eigenvalue weighted by molar-refractivity contribution is 5.73. The van der Waals surface area contributed by atoms with Crippen LogP contribution in [0.1, 0.15) is 36.5 Å². The molecular formula is C28H24F6N4O6. The summed E-state index contributed by atoms with van der Waals surface area (Å²) >= 11 is 0. The molecule has 0 saturated carbocycles. The van der Waals surface area contributed by atoms with Crippen molar-refractivity contribution >= 4 is 5.97 Å². The maximum atomic E-state index is 14.0. The maximum Gasteiger partial charge on any atom is 0.490 e. The molecule has 2 N–H and O–H groups in total.